The van der Waals surface area contributed by atoms with Crippen LogP contribution in [0, 0.1) is 34.5 Å². The maximum Gasteiger partial charge on any atom is 0.161 e. The third kappa shape index (κ3) is 2.26. The van der Waals surface area contributed by atoms with Gasteiger partial charge in [-0.1, -0.05) is 25.5 Å². The molecule has 4 aliphatic carbocycles. The van der Waals surface area contributed by atoms with Gasteiger partial charge in [-0.25, -0.2) is 0 Å². The van der Waals surface area contributed by atoms with Crippen LogP contribution in [0.5, 0.6) is 0 Å². The number of carbonyl (C=O) groups is 3. The predicted octanol–water partition coefficient (Wildman–Crippen LogP) is 2.87. The number of aliphatic hydroxyl groups is 1. The zero-order valence-electron chi connectivity index (χ0n) is 15.2. The van der Waals surface area contributed by atoms with Crippen LogP contribution in [-0.2, 0) is 14.4 Å². The van der Waals surface area contributed by atoms with E-state index in [-0.39, 0.29) is 40.2 Å². The monoisotopic (exact) mass is 344 g/mol. The number of hydrogen-bond donors (Lipinski definition) is 1. The zero-order valence-corrected chi connectivity index (χ0v) is 15.2. The van der Waals surface area contributed by atoms with E-state index in [1.54, 1.807) is 0 Å². The van der Waals surface area contributed by atoms with Crippen molar-refractivity contribution in [2.75, 3.05) is 6.61 Å². The summed E-state index contributed by atoms with van der Waals surface area (Å²) < 4.78 is 0. The summed E-state index contributed by atoms with van der Waals surface area (Å²) in [6.07, 6.45) is 7.19. The maximum absolute atomic E-state index is 13.3. The summed E-state index contributed by atoms with van der Waals surface area (Å²) in [5.41, 5.74) is 0.710. The zero-order chi connectivity index (χ0) is 18.0. The van der Waals surface area contributed by atoms with E-state index in [4.69, 9.17) is 0 Å². The van der Waals surface area contributed by atoms with Crippen molar-refractivity contribution >= 4 is 17.3 Å². The molecule has 0 radical (unpaired) electrons. The van der Waals surface area contributed by atoms with Crippen molar-refractivity contribution in [1.29, 1.82) is 0 Å². The highest BCUT2D eigenvalue weighted by molar-refractivity contribution is 5.89. The lowest BCUT2D eigenvalue weighted by Gasteiger charge is -2.56. The van der Waals surface area contributed by atoms with Gasteiger partial charge in [0.2, 0.25) is 0 Å². The van der Waals surface area contributed by atoms with Crippen molar-refractivity contribution in [3.8, 4) is 0 Å². The van der Waals surface area contributed by atoms with Crippen LogP contribution in [0.2, 0.25) is 0 Å². The molecule has 25 heavy (non-hydrogen) atoms. The van der Waals surface area contributed by atoms with E-state index in [0.29, 0.717) is 31.0 Å². The van der Waals surface area contributed by atoms with Crippen LogP contribution >= 0.6 is 0 Å². The molecule has 0 saturated heterocycles. The quantitative estimate of drug-likeness (QED) is 0.782. The molecule has 0 heterocycles. The van der Waals surface area contributed by atoms with Gasteiger partial charge in [-0.15, -0.1) is 0 Å². The lowest BCUT2D eigenvalue weighted by Crippen LogP contribution is -2.55. The van der Waals surface area contributed by atoms with Gasteiger partial charge in [0, 0.05) is 31.1 Å². The standard InChI is InChI=1S/C21H28O4/c1-20-8-7-13(23)9-12(20)3-4-14-15-5-6-16(18(25)11-22)21(15,2)10-17(24)19(14)20/h3,14-16,19,22H,4-11H2,1-2H3/t14-,15-,16+,19+,20-,21-/m0/s1. The average Bonchev–Trinajstić information content (AvgIpc) is 2.91. The third-order valence-corrected chi connectivity index (χ3v) is 8.17. The van der Waals surface area contributed by atoms with Gasteiger partial charge in [-0.2, -0.15) is 0 Å². The molecule has 3 saturated carbocycles. The second kappa shape index (κ2) is 5.60. The van der Waals surface area contributed by atoms with E-state index in [2.05, 4.69) is 19.9 Å². The van der Waals surface area contributed by atoms with Gasteiger partial charge in [-0.05, 0) is 48.3 Å². The second-order valence-corrected chi connectivity index (χ2v) is 9.25. The van der Waals surface area contributed by atoms with Crippen molar-refractivity contribution in [1.82, 2.24) is 0 Å². The molecule has 0 amide bonds. The highest BCUT2D eigenvalue weighted by Gasteiger charge is 2.62. The summed E-state index contributed by atoms with van der Waals surface area (Å²) in [5.74, 6) is 0.944. The number of ketones is 3. The largest absolute Gasteiger partial charge is 0.389 e. The molecule has 1 N–H and O–H groups in total. The summed E-state index contributed by atoms with van der Waals surface area (Å²) in [6, 6.07) is 0. The Labute approximate surface area is 149 Å². The van der Waals surface area contributed by atoms with E-state index >= 15 is 0 Å². The molecule has 6 atom stereocenters. The van der Waals surface area contributed by atoms with Crippen molar-refractivity contribution in [2.24, 2.45) is 34.5 Å². The Morgan fingerprint density at radius 2 is 2.04 bits per heavy atom. The van der Waals surface area contributed by atoms with Crippen LogP contribution < -0.4 is 0 Å². The first-order valence-electron chi connectivity index (χ1n) is 9.69. The van der Waals surface area contributed by atoms with Gasteiger partial charge < -0.3 is 5.11 Å². The Morgan fingerprint density at radius 3 is 2.76 bits per heavy atom. The first-order valence-corrected chi connectivity index (χ1v) is 9.69. The predicted molar refractivity (Wildman–Crippen MR) is 92.7 cm³/mol. The molecule has 4 aliphatic rings. The molecular weight excluding hydrogens is 316 g/mol. The molecule has 0 bridgehead atoms. The molecule has 4 nitrogen and oxygen atoms in total. The normalized spacial score (nSPS) is 46.1. The van der Waals surface area contributed by atoms with Gasteiger partial charge in [0.1, 0.15) is 18.2 Å². The molecule has 0 aliphatic heterocycles. The summed E-state index contributed by atoms with van der Waals surface area (Å²) >= 11 is 0. The number of carbonyl (C=O) groups excluding carboxylic acids is 3. The number of rotatable bonds is 2. The SMILES string of the molecule is C[C@]12CC(=O)[C@H]3[C@@H](CC=C4CC(=O)CC[C@@]43C)[C@@H]1CC[C@@H]2C(=O)CO. The molecule has 0 aromatic carbocycles. The van der Waals surface area contributed by atoms with E-state index in [1.165, 1.54) is 5.57 Å². The highest BCUT2D eigenvalue weighted by Crippen LogP contribution is 2.65. The topological polar surface area (TPSA) is 71.4 Å². The fraction of sp³-hybridized carbons (Fsp3) is 0.762. The van der Waals surface area contributed by atoms with Gasteiger partial charge in [-0.3, -0.25) is 14.4 Å². The van der Waals surface area contributed by atoms with Crippen LogP contribution in [-0.4, -0.2) is 29.1 Å². The summed E-state index contributed by atoms with van der Waals surface area (Å²) in [5, 5.41) is 9.34. The fourth-order valence-corrected chi connectivity index (χ4v) is 6.95. The highest BCUT2D eigenvalue weighted by atomic mass is 16.3. The number of aliphatic hydroxyl groups excluding tert-OH is 1. The lowest BCUT2D eigenvalue weighted by molar-refractivity contribution is -0.148. The van der Waals surface area contributed by atoms with Gasteiger partial charge >= 0.3 is 0 Å². The number of Topliss-reactive ketones (excluding diaryl/α,β-unsaturated/α-hetero) is 3. The Bertz CT molecular complexity index is 677. The third-order valence-electron chi connectivity index (χ3n) is 8.17. The second-order valence-electron chi connectivity index (χ2n) is 9.25. The Morgan fingerprint density at radius 1 is 1.28 bits per heavy atom. The first-order chi connectivity index (χ1) is 11.8. The summed E-state index contributed by atoms with van der Waals surface area (Å²) in [4.78, 5) is 37.4. The van der Waals surface area contributed by atoms with Crippen molar-refractivity contribution in [2.45, 2.75) is 58.8 Å². The fourth-order valence-electron chi connectivity index (χ4n) is 6.95. The molecule has 4 rings (SSSR count). The molecule has 3 fully saturated rings. The minimum atomic E-state index is -0.418. The molecule has 136 valence electrons. The maximum atomic E-state index is 13.3. The average molecular weight is 344 g/mol. The Kier molecular flexibility index (Phi) is 3.84. The van der Waals surface area contributed by atoms with Gasteiger partial charge in [0.15, 0.2) is 5.78 Å². The van der Waals surface area contributed by atoms with E-state index in [0.717, 1.165) is 25.7 Å². The minimum Gasteiger partial charge on any atom is -0.389 e. The van der Waals surface area contributed by atoms with Crippen LogP contribution in [0.3, 0.4) is 0 Å². The number of fused-ring (bicyclic) bond motifs is 5. The van der Waals surface area contributed by atoms with Gasteiger partial charge in [0.25, 0.3) is 0 Å². The number of allylic oxidation sites excluding steroid dienone is 2. The van der Waals surface area contributed by atoms with E-state index in [9.17, 15) is 19.5 Å². The van der Waals surface area contributed by atoms with Gasteiger partial charge in [0.05, 0.1) is 0 Å². The van der Waals surface area contributed by atoms with Crippen molar-refractivity contribution in [3.63, 3.8) is 0 Å². The molecule has 0 unspecified atom stereocenters. The van der Waals surface area contributed by atoms with Crippen LogP contribution in [0.15, 0.2) is 11.6 Å². The number of hydrogen-bond acceptors (Lipinski definition) is 4. The molecule has 0 aromatic rings. The summed E-state index contributed by atoms with van der Waals surface area (Å²) in [6.45, 7) is 3.87. The van der Waals surface area contributed by atoms with E-state index < -0.39 is 6.61 Å². The van der Waals surface area contributed by atoms with Crippen LogP contribution in [0.4, 0.5) is 0 Å². The first kappa shape index (κ1) is 17.1. The summed E-state index contributed by atoms with van der Waals surface area (Å²) in [7, 11) is 0. The van der Waals surface area contributed by atoms with Crippen molar-refractivity contribution < 1.29 is 19.5 Å². The molecule has 0 aromatic heterocycles. The Hall–Kier alpha value is -1.29. The lowest BCUT2D eigenvalue weighted by atomic mass is 9.47. The molecule has 0 spiro atoms. The smallest absolute Gasteiger partial charge is 0.161 e. The Balaban J connectivity index is 1.72. The molecular formula is C21H28O4. The van der Waals surface area contributed by atoms with E-state index in [1.807, 2.05) is 0 Å². The van der Waals surface area contributed by atoms with Crippen LogP contribution in [0.25, 0.3) is 0 Å². The molecule has 4 heteroatoms. The van der Waals surface area contributed by atoms with Crippen LogP contribution in [0.1, 0.15) is 58.8 Å². The van der Waals surface area contributed by atoms with Crippen molar-refractivity contribution in [3.05, 3.63) is 11.6 Å². The minimum absolute atomic E-state index is 0.00153.